The number of carboxylic acids is 2. The third kappa shape index (κ3) is 10.6. The zero-order chi connectivity index (χ0) is 26.1. The van der Waals surface area contributed by atoms with Crippen LogP contribution in [0.5, 0.6) is 0 Å². The van der Waals surface area contributed by atoms with Crippen LogP contribution in [0.4, 0.5) is 0 Å². The van der Waals surface area contributed by atoms with Gasteiger partial charge in [-0.25, -0.2) is 14.4 Å². The van der Waals surface area contributed by atoms with Gasteiger partial charge in [0, 0.05) is 0 Å². The summed E-state index contributed by atoms with van der Waals surface area (Å²) in [5.41, 5.74) is 0.383. The summed E-state index contributed by atoms with van der Waals surface area (Å²) in [6.45, 7) is 1.44. The molecule has 0 atom stereocenters. The second-order valence-corrected chi connectivity index (χ2v) is 7.45. The number of esters is 1. The minimum Gasteiger partial charge on any atom is -0.478 e. The Kier molecular flexibility index (Phi) is 13.1. The van der Waals surface area contributed by atoms with Gasteiger partial charge in [0.25, 0.3) is 0 Å². The molecule has 0 fully saturated rings. The van der Waals surface area contributed by atoms with Crippen LogP contribution in [0, 0.1) is 5.41 Å². The van der Waals surface area contributed by atoms with E-state index < -0.39 is 23.3 Å². The van der Waals surface area contributed by atoms with E-state index >= 15 is 0 Å². The highest BCUT2D eigenvalue weighted by Crippen LogP contribution is 2.21. The molecule has 0 saturated heterocycles. The molecule has 0 saturated carbocycles. The van der Waals surface area contributed by atoms with E-state index in [-0.39, 0.29) is 19.8 Å². The fraction of sp³-hybridized carbons (Fsp3) is 0.222. The average Bonchev–Trinajstić information content (AvgIpc) is 2.92. The zero-order valence-corrected chi connectivity index (χ0v) is 19.4. The van der Waals surface area contributed by atoms with Gasteiger partial charge in [0.05, 0.1) is 35.3 Å². The van der Waals surface area contributed by atoms with E-state index in [2.05, 4.69) is 0 Å². The van der Waals surface area contributed by atoms with E-state index in [9.17, 15) is 24.6 Å². The number of hydrogen-bond donors (Lipinski definition) is 4. The smallest absolute Gasteiger partial charge is 0.338 e. The van der Waals surface area contributed by atoms with Gasteiger partial charge in [-0.15, -0.1) is 0 Å². The first kappa shape index (κ1) is 29.0. The molecule has 35 heavy (non-hydrogen) atoms. The minimum atomic E-state index is -0.879. The Morgan fingerprint density at radius 2 is 1.00 bits per heavy atom. The van der Waals surface area contributed by atoms with Gasteiger partial charge in [0.15, 0.2) is 0 Å². The number of rotatable bonds is 8. The average molecular weight is 483 g/mol. The van der Waals surface area contributed by atoms with Crippen molar-refractivity contribution in [3.8, 4) is 0 Å². The molecule has 0 unspecified atom stereocenters. The van der Waals surface area contributed by atoms with Crippen LogP contribution < -0.4 is 0 Å². The number of aliphatic hydroxyl groups is 2. The van der Waals surface area contributed by atoms with Gasteiger partial charge in [0.2, 0.25) is 0 Å². The second-order valence-electron chi connectivity index (χ2n) is 7.45. The summed E-state index contributed by atoms with van der Waals surface area (Å²) in [6.07, 6.45) is 0.544. The Morgan fingerprint density at radius 1 is 0.657 bits per heavy atom. The highest BCUT2D eigenvalue weighted by Gasteiger charge is 2.28. The number of carbonyl (C=O) groups is 3. The van der Waals surface area contributed by atoms with Crippen molar-refractivity contribution in [2.24, 2.45) is 5.41 Å². The van der Waals surface area contributed by atoms with Gasteiger partial charge in [-0.2, -0.15) is 0 Å². The summed E-state index contributed by atoms with van der Waals surface area (Å²) in [5.74, 6) is -2.20. The van der Waals surface area contributed by atoms with E-state index in [4.69, 9.17) is 14.9 Å². The molecule has 0 aromatic heterocycles. The van der Waals surface area contributed by atoms with Crippen LogP contribution in [0.15, 0.2) is 91.0 Å². The predicted molar refractivity (Wildman–Crippen MR) is 130 cm³/mol. The molecular formula is C27H30O8. The van der Waals surface area contributed by atoms with E-state index in [0.717, 1.165) is 0 Å². The summed E-state index contributed by atoms with van der Waals surface area (Å²) in [4.78, 5) is 32.1. The maximum atomic E-state index is 11.7. The number of carbonyl (C=O) groups excluding carboxylic acids is 1. The summed E-state index contributed by atoms with van der Waals surface area (Å²) in [7, 11) is 0. The molecule has 3 aromatic rings. The second kappa shape index (κ2) is 15.8. The van der Waals surface area contributed by atoms with Crippen molar-refractivity contribution < 1.29 is 39.5 Å². The van der Waals surface area contributed by atoms with E-state index in [0.29, 0.717) is 23.1 Å². The monoisotopic (exact) mass is 482 g/mol. The van der Waals surface area contributed by atoms with Gasteiger partial charge < -0.3 is 25.2 Å². The fourth-order valence-electron chi connectivity index (χ4n) is 2.50. The molecule has 0 aliphatic carbocycles. The first-order chi connectivity index (χ1) is 16.8. The molecule has 4 N–H and O–H groups in total. The minimum absolute atomic E-state index is 0.0181. The normalized spacial score (nSPS) is 10.0. The third-order valence-corrected chi connectivity index (χ3v) is 4.98. The Labute approximate surface area is 204 Å². The molecule has 0 aliphatic rings. The third-order valence-electron chi connectivity index (χ3n) is 4.98. The zero-order valence-electron chi connectivity index (χ0n) is 19.4. The van der Waals surface area contributed by atoms with E-state index in [1.165, 1.54) is 0 Å². The van der Waals surface area contributed by atoms with Crippen molar-refractivity contribution in [2.75, 3.05) is 19.8 Å². The number of carboxylic acid groups (broad SMARTS) is 2. The van der Waals surface area contributed by atoms with Crippen LogP contribution in [0.25, 0.3) is 0 Å². The van der Waals surface area contributed by atoms with Crippen molar-refractivity contribution in [2.45, 2.75) is 13.3 Å². The van der Waals surface area contributed by atoms with Crippen LogP contribution in [-0.4, -0.2) is 58.2 Å². The Bertz CT molecular complexity index is 959. The number of hydrogen-bond acceptors (Lipinski definition) is 6. The van der Waals surface area contributed by atoms with Gasteiger partial charge in [-0.05, 0) is 42.8 Å². The maximum absolute atomic E-state index is 11.7. The lowest BCUT2D eigenvalue weighted by Crippen LogP contribution is -2.35. The van der Waals surface area contributed by atoms with E-state index in [1.54, 1.807) is 84.9 Å². The molecule has 0 heterocycles. The Balaban J connectivity index is 0.000000286. The summed E-state index contributed by atoms with van der Waals surface area (Å²) in [5, 5.41) is 35.2. The first-order valence-corrected chi connectivity index (χ1v) is 10.8. The number of ether oxygens (including phenoxy) is 1. The number of aliphatic hydroxyl groups excluding tert-OH is 2. The molecule has 3 aromatic carbocycles. The van der Waals surface area contributed by atoms with Gasteiger partial charge in [-0.3, -0.25) is 0 Å². The maximum Gasteiger partial charge on any atom is 0.338 e. The van der Waals surface area contributed by atoms with Crippen molar-refractivity contribution in [1.29, 1.82) is 0 Å². The molecule has 0 spiro atoms. The molecule has 0 bridgehead atoms. The lowest BCUT2D eigenvalue weighted by Gasteiger charge is -2.27. The van der Waals surface area contributed by atoms with Crippen LogP contribution in [-0.2, 0) is 4.74 Å². The topological polar surface area (TPSA) is 141 Å². The van der Waals surface area contributed by atoms with Crippen LogP contribution in [0.3, 0.4) is 0 Å². The Hall–Kier alpha value is -4.01. The fourth-order valence-corrected chi connectivity index (χ4v) is 2.50. The molecule has 0 amide bonds. The highest BCUT2D eigenvalue weighted by atomic mass is 16.5. The summed E-state index contributed by atoms with van der Waals surface area (Å²) in [6, 6.07) is 25.2. The van der Waals surface area contributed by atoms with Crippen molar-refractivity contribution in [3.63, 3.8) is 0 Å². The first-order valence-electron chi connectivity index (χ1n) is 10.8. The van der Waals surface area contributed by atoms with Gasteiger partial charge in [-0.1, -0.05) is 61.5 Å². The number of aromatic carboxylic acids is 2. The van der Waals surface area contributed by atoms with Crippen LogP contribution in [0.1, 0.15) is 44.4 Å². The predicted octanol–water partition coefficient (Wildman–Crippen LogP) is 3.99. The van der Waals surface area contributed by atoms with E-state index in [1.807, 2.05) is 13.0 Å². The van der Waals surface area contributed by atoms with Crippen molar-refractivity contribution in [1.82, 2.24) is 0 Å². The summed E-state index contributed by atoms with van der Waals surface area (Å²) < 4.78 is 5.11. The molecule has 8 heteroatoms. The molecule has 8 nitrogen and oxygen atoms in total. The largest absolute Gasteiger partial charge is 0.478 e. The van der Waals surface area contributed by atoms with Crippen LogP contribution in [0.2, 0.25) is 0 Å². The standard InChI is InChI=1S/C13H18O4.2C7H6O2/c1-2-13(8-14,9-15)10-17-12(16)11-6-4-3-5-7-11;2*8-7(9)6-4-2-1-3-5-6/h3-7,14-15H,2,8-10H2,1H3;2*1-5H,(H,8,9). The Morgan fingerprint density at radius 3 is 1.26 bits per heavy atom. The lowest BCUT2D eigenvalue weighted by atomic mass is 9.88. The molecular weight excluding hydrogens is 452 g/mol. The van der Waals surface area contributed by atoms with Crippen LogP contribution >= 0.6 is 0 Å². The van der Waals surface area contributed by atoms with Gasteiger partial charge in [0.1, 0.15) is 6.61 Å². The molecule has 0 radical (unpaired) electrons. The van der Waals surface area contributed by atoms with Crippen molar-refractivity contribution >= 4 is 17.9 Å². The molecule has 0 aliphatic heterocycles. The van der Waals surface area contributed by atoms with Crippen molar-refractivity contribution in [3.05, 3.63) is 108 Å². The number of benzene rings is 3. The molecule has 3 rings (SSSR count). The molecule has 186 valence electrons. The highest BCUT2D eigenvalue weighted by molar-refractivity contribution is 5.89. The summed E-state index contributed by atoms with van der Waals surface area (Å²) >= 11 is 0. The SMILES string of the molecule is CCC(CO)(CO)COC(=O)c1ccccc1.O=C(O)c1ccccc1.O=C(O)c1ccccc1. The quantitative estimate of drug-likeness (QED) is 0.353. The van der Waals surface area contributed by atoms with Gasteiger partial charge >= 0.3 is 17.9 Å². The lowest BCUT2D eigenvalue weighted by molar-refractivity contribution is -0.0177.